The maximum absolute atomic E-state index is 9.68. The molecule has 0 fully saturated rings. The van der Waals surface area contributed by atoms with Gasteiger partial charge >= 0.3 is 0 Å². The lowest BCUT2D eigenvalue weighted by molar-refractivity contribution is 0.271. The molecule has 1 atom stereocenters. The van der Waals surface area contributed by atoms with E-state index < -0.39 is 0 Å². The van der Waals surface area contributed by atoms with Crippen molar-refractivity contribution in [3.8, 4) is 22.6 Å². The van der Waals surface area contributed by atoms with Crippen molar-refractivity contribution in [3.05, 3.63) is 67.1 Å². The van der Waals surface area contributed by atoms with E-state index in [0.717, 1.165) is 45.8 Å². The molecule has 0 aliphatic heterocycles. The molecular formula is C24H26N4O2. The van der Waals surface area contributed by atoms with Crippen LogP contribution >= 0.6 is 0 Å². The third-order valence-electron chi connectivity index (χ3n) is 5.15. The van der Waals surface area contributed by atoms with Gasteiger partial charge in [-0.15, -0.1) is 0 Å². The van der Waals surface area contributed by atoms with E-state index in [-0.39, 0.29) is 12.6 Å². The summed E-state index contributed by atoms with van der Waals surface area (Å²) in [5, 5.41) is 14.0. The standard InChI is InChI=1S/C24H26N4O2/c1-3-18(15-29)27-23-22-21(17-8-6-5-7-9-17)14-28(24(22)26-16-25-23)19-10-12-20(13-11-19)30-4-2/h5-14,16,18,29H,3-4,15H2,1-2H3,(H,25,26,27)/t18-/m1/s1. The summed E-state index contributed by atoms with van der Waals surface area (Å²) < 4.78 is 7.65. The second kappa shape index (κ2) is 8.97. The van der Waals surface area contributed by atoms with Crippen molar-refractivity contribution >= 4 is 16.9 Å². The van der Waals surface area contributed by atoms with Crippen molar-refractivity contribution in [2.75, 3.05) is 18.5 Å². The van der Waals surface area contributed by atoms with Crippen molar-refractivity contribution in [2.45, 2.75) is 26.3 Å². The van der Waals surface area contributed by atoms with Gasteiger partial charge in [0.1, 0.15) is 17.9 Å². The third-order valence-corrected chi connectivity index (χ3v) is 5.15. The molecule has 0 aliphatic rings. The lowest BCUT2D eigenvalue weighted by atomic mass is 10.1. The van der Waals surface area contributed by atoms with E-state index >= 15 is 0 Å². The smallest absolute Gasteiger partial charge is 0.150 e. The largest absolute Gasteiger partial charge is 0.494 e. The first-order valence-electron chi connectivity index (χ1n) is 10.3. The Hall–Kier alpha value is -3.38. The molecule has 2 aromatic carbocycles. The first-order chi connectivity index (χ1) is 14.7. The topological polar surface area (TPSA) is 72.2 Å². The van der Waals surface area contributed by atoms with E-state index in [1.54, 1.807) is 6.33 Å². The van der Waals surface area contributed by atoms with Gasteiger partial charge in [-0.05, 0) is 43.2 Å². The molecular weight excluding hydrogens is 376 g/mol. The quantitative estimate of drug-likeness (QED) is 0.448. The van der Waals surface area contributed by atoms with Gasteiger partial charge < -0.3 is 19.7 Å². The average Bonchev–Trinajstić information content (AvgIpc) is 3.19. The maximum Gasteiger partial charge on any atom is 0.150 e. The summed E-state index contributed by atoms with van der Waals surface area (Å²) in [5.41, 5.74) is 3.92. The molecule has 2 aromatic heterocycles. The van der Waals surface area contributed by atoms with Gasteiger partial charge in [-0.2, -0.15) is 0 Å². The first-order valence-corrected chi connectivity index (χ1v) is 10.3. The van der Waals surface area contributed by atoms with Crippen LogP contribution in [0.1, 0.15) is 20.3 Å². The summed E-state index contributed by atoms with van der Waals surface area (Å²) in [6, 6.07) is 18.1. The minimum absolute atomic E-state index is 0.0439. The molecule has 2 heterocycles. The van der Waals surface area contributed by atoms with Crippen LogP contribution in [-0.2, 0) is 0 Å². The zero-order valence-electron chi connectivity index (χ0n) is 17.2. The minimum atomic E-state index is -0.0689. The molecule has 154 valence electrons. The Bertz CT molecular complexity index is 1100. The van der Waals surface area contributed by atoms with Crippen molar-refractivity contribution < 1.29 is 9.84 Å². The van der Waals surface area contributed by atoms with E-state index in [4.69, 9.17) is 4.74 Å². The van der Waals surface area contributed by atoms with Gasteiger partial charge in [0.2, 0.25) is 0 Å². The van der Waals surface area contributed by atoms with Gasteiger partial charge in [-0.25, -0.2) is 9.97 Å². The molecule has 0 saturated heterocycles. The van der Waals surface area contributed by atoms with Crippen molar-refractivity contribution in [2.24, 2.45) is 0 Å². The predicted molar refractivity (Wildman–Crippen MR) is 120 cm³/mol. The number of fused-ring (bicyclic) bond motifs is 1. The van der Waals surface area contributed by atoms with E-state index in [1.807, 2.05) is 56.3 Å². The van der Waals surface area contributed by atoms with Gasteiger partial charge in [-0.3, -0.25) is 0 Å². The highest BCUT2D eigenvalue weighted by Gasteiger charge is 2.18. The van der Waals surface area contributed by atoms with Gasteiger partial charge in [0.15, 0.2) is 5.65 Å². The number of nitrogens with one attached hydrogen (secondary N) is 1. The highest BCUT2D eigenvalue weighted by molar-refractivity contribution is 6.02. The molecule has 2 N–H and O–H groups in total. The zero-order valence-corrected chi connectivity index (χ0v) is 17.2. The molecule has 0 bridgehead atoms. The maximum atomic E-state index is 9.68. The highest BCUT2D eigenvalue weighted by Crippen LogP contribution is 2.35. The van der Waals surface area contributed by atoms with E-state index in [0.29, 0.717) is 6.61 Å². The number of rotatable bonds is 8. The second-order valence-electron chi connectivity index (χ2n) is 7.06. The lowest BCUT2D eigenvalue weighted by Crippen LogP contribution is -2.23. The van der Waals surface area contributed by atoms with Crippen LogP contribution in [0.5, 0.6) is 5.75 Å². The Morgan fingerprint density at radius 3 is 2.47 bits per heavy atom. The average molecular weight is 402 g/mol. The number of aliphatic hydroxyl groups is 1. The zero-order chi connectivity index (χ0) is 20.9. The Morgan fingerprint density at radius 1 is 1.03 bits per heavy atom. The molecule has 0 saturated carbocycles. The highest BCUT2D eigenvalue weighted by atomic mass is 16.5. The second-order valence-corrected chi connectivity index (χ2v) is 7.06. The summed E-state index contributed by atoms with van der Waals surface area (Å²) in [7, 11) is 0. The third kappa shape index (κ3) is 3.86. The molecule has 0 aliphatic carbocycles. The fourth-order valence-electron chi connectivity index (χ4n) is 3.54. The number of hydrogen-bond donors (Lipinski definition) is 2. The van der Waals surface area contributed by atoms with Gasteiger partial charge in [-0.1, -0.05) is 37.3 Å². The predicted octanol–water partition coefficient (Wildman–Crippen LogP) is 4.67. The molecule has 0 spiro atoms. The van der Waals surface area contributed by atoms with Crippen LogP contribution in [0.15, 0.2) is 67.1 Å². The van der Waals surface area contributed by atoms with Crippen LogP contribution in [0.25, 0.3) is 27.8 Å². The van der Waals surface area contributed by atoms with Crippen molar-refractivity contribution in [3.63, 3.8) is 0 Å². The summed E-state index contributed by atoms with van der Waals surface area (Å²) in [4.78, 5) is 9.11. The number of aromatic nitrogens is 3. The van der Waals surface area contributed by atoms with Crippen LogP contribution in [-0.4, -0.2) is 38.9 Å². The van der Waals surface area contributed by atoms with Gasteiger partial charge in [0.25, 0.3) is 0 Å². The summed E-state index contributed by atoms with van der Waals surface area (Å²) in [5.74, 6) is 1.57. The molecule has 6 heteroatoms. The van der Waals surface area contributed by atoms with Crippen LogP contribution in [0.2, 0.25) is 0 Å². The minimum Gasteiger partial charge on any atom is -0.494 e. The van der Waals surface area contributed by atoms with Crippen LogP contribution < -0.4 is 10.1 Å². The van der Waals surface area contributed by atoms with Crippen LogP contribution in [0, 0.1) is 0 Å². The Balaban J connectivity index is 1.90. The Morgan fingerprint density at radius 2 is 1.80 bits per heavy atom. The number of ether oxygens (including phenoxy) is 1. The van der Waals surface area contributed by atoms with Gasteiger partial charge in [0, 0.05) is 17.4 Å². The molecule has 6 nitrogen and oxygen atoms in total. The number of benzene rings is 2. The normalized spacial score (nSPS) is 12.1. The Kier molecular flexibility index (Phi) is 5.95. The van der Waals surface area contributed by atoms with Crippen LogP contribution in [0.3, 0.4) is 0 Å². The fraction of sp³-hybridized carbons (Fsp3) is 0.250. The number of nitrogens with zero attached hydrogens (tertiary/aromatic N) is 3. The number of hydrogen-bond acceptors (Lipinski definition) is 5. The van der Waals surface area contributed by atoms with Crippen LogP contribution in [0.4, 0.5) is 5.82 Å². The first kappa shape index (κ1) is 19.9. The summed E-state index contributed by atoms with van der Waals surface area (Å²) >= 11 is 0. The fourth-order valence-corrected chi connectivity index (χ4v) is 3.54. The number of aliphatic hydroxyl groups excluding tert-OH is 1. The molecule has 0 radical (unpaired) electrons. The molecule has 4 aromatic rings. The molecule has 4 rings (SSSR count). The monoisotopic (exact) mass is 402 g/mol. The van der Waals surface area contributed by atoms with Crippen molar-refractivity contribution in [1.29, 1.82) is 0 Å². The summed E-state index contributed by atoms with van der Waals surface area (Å²) in [6.45, 7) is 4.69. The molecule has 30 heavy (non-hydrogen) atoms. The SMILES string of the molecule is CCOc1ccc(-n2cc(-c3ccccc3)c3c(N[C@H](CC)CO)ncnc32)cc1. The lowest BCUT2D eigenvalue weighted by Gasteiger charge is -2.16. The van der Waals surface area contributed by atoms with Gasteiger partial charge in [0.05, 0.1) is 24.6 Å². The molecule has 0 unspecified atom stereocenters. The van der Waals surface area contributed by atoms with E-state index in [9.17, 15) is 5.11 Å². The van der Waals surface area contributed by atoms with E-state index in [1.165, 1.54) is 0 Å². The number of anilines is 1. The van der Waals surface area contributed by atoms with Crippen molar-refractivity contribution in [1.82, 2.24) is 14.5 Å². The Labute approximate surface area is 176 Å². The summed E-state index contributed by atoms with van der Waals surface area (Å²) in [6.07, 6.45) is 4.45. The molecule has 0 amide bonds. The van der Waals surface area contributed by atoms with E-state index in [2.05, 4.69) is 38.2 Å².